The van der Waals surface area contributed by atoms with Gasteiger partial charge in [0.15, 0.2) is 0 Å². The summed E-state index contributed by atoms with van der Waals surface area (Å²) < 4.78 is 8.30. The molecule has 0 atom stereocenters. The van der Waals surface area contributed by atoms with Gasteiger partial charge in [0.25, 0.3) is 0 Å². The summed E-state index contributed by atoms with van der Waals surface area (Å²) in [5.74, 6) is 0. The van der Waals surface area contributed by atoms with Crippen LogP contribution in [0.1, 0.15) is 1.43 Å². The molecule has 17 valence electrons. The smallest absolute Gasteiger partial charge is 0 e. The second kappa shape index (κ2) is 21.0. The molecule has 0 aliphatic heterocycles. The monoisotopic (exact) mass is 165 g/mol. The fraction of sp³-hybridized carbons (Fsp3) is 0. The van der Waals surface area contributed by atoms with Crippen molar-refractivity contribution in [1.29, 1.82) is 0 Å². The quantitative estimate of drug-likeness (QED) is 0.349. The third-order valence-corrected chi connectivity index (χ3v) is 0. The first kappa shape index (κ1) is 16.9. The van der Waals surface area contributed by atoms with Crippen LogP contribution in [0, 0.1) is 0 Å². The van der Waals surface area contributed by atoms with Gasteiger partial charge in [-0.15, -0.1) is 0 Å². The Balaban J connectivity index is -0.00000000167. The molecule has 0 fully saturated rings. The molecule has 0 aromatic carbocycles. The SMILES string of the molecule is [H-].[Li+].[O]=[Nb].[Ti]. The zero-order valence-corrected chi connectivity index (χ0v) is 6.12. The Bertz CT molecular complexity index is 11.6. The van der Waals surface area contributed by atoms with Gasteiger partial charge in [-0.2, -0.15) is 0 Å². The van der Waals surface area contributed by atoms with Gasteiger partial charge in [0.2, 0.25) is 0 Å². The molecule has 0 bridgehead atoms. The Morgan fingerprint density at radius 3 is 1.50 bits per heavy atom. The molecule has 0 radical (unpaired) electrons. The van der Waals surface area contributed by atoms with Gasteiger partial charge in [0, 0.05) is 21.7 Å². The Morgan fingerprint density at radius 1 is 1.50 bits per heavy atom. The van der Waals surface area contributed by atoms with E-state index in [-0.39, 0.29) is 42.0 Å². The number of hydrogen-bond donors (Lipinski definition) is 0. The van der Waals surface area contributed by atoms with Gasteiger partial charge in [0.05, 0.1) is 0 Å². The van der Waals surface area contributed by atoms with E-state index < -0.39 is 0 Å². The minimum absolute atomic E-state index is 0. The number of rotatable bonds is 0. The van der Waals surface area contributed by atoms with Crippen molar-refractivity contribution < 1.29 is 66.3 Å². The van der Waals surface area contributed by atoms with E-state index in [1.807, 2.05) is 0 Å². The zero-order valence-electron chi connectivity index (χ0n) is 3.36. The minimum atomic E-state index is 0. The van der Waals surface area contributed by atoms with Crippen LogP contribution in [0.15, 0.2) is 0 Å². The van der Waals surface area contributed by atoms with Gasteiger partial charge in [-0.05, 0) is 0 Å². The predicted molar refractivity (Wildman–Crippen MR) is 1.80 cm³/mol. The fourth-order valence-electron chi connectivity index (χ4n) is 0. The van der Waals surface area contributed by atoms with E-state index in [4.69, 9.17) is 3.25 Å². The molecule has 0 saturated carbocycles. The summed E-state index contributed by atoms with van der Waals surface area (Å²) >= 11 is 0.500. The molecule has 0 aliphatic rings. The van der Waals surface area contributed by atoms with Crippen LogP contribution in [0.4, 0.5) is 0 Å². The van der Waals surface area contributed by atoms with Gasteiger partial charge in [-0.1, -0.05) is 0 Å². The maximum Gasteiger partial charge on any atom is 0 e. The maximum atomic E-state index is 8.30. The van der Waals surface area contributed by atoms with Gasteiger partial charge < -0.3 is 1.43 Å². The third kappa shape index (κ3) is 9.13. The molecule has 0 aliphatic carbocycles. The second-order valence-electron chi connectivity index (χ2n) is 0. The van der Waals surface area contributed by atoms with Crippen LogP contribution in [-0.2, 0) is 46.0 Å². The van der Waals surface area contributed by atoms with Crippen LogP contribution in [0.2, 0.25) is 0 Å². The summed E-state index contributed by atoms with van der Waals surface area (Å²) in [6.45, 7) is 0. The number of hydrogen-bond acceptors (Lipinski definition) is 1. The summed E-state index contributed by atoms with van der Waals surface area (Å²) in [7, 11) is 0. The van der Waals surface area contributed by atoms with Crippen molar-refractivity contribution >= 4 is 0 Å². The van der Waals surface area contributed by atoms with Gasteiger partial charge in [0.1, 0.15) is 0 Å². The molecule has 0 heterocycles. The van der Waals surface area contributed by atoms with Crippen molar-refractivity contribution in [2.24, 2.45) is 0 Å². The van der Waals surface area contributed by atoms with Crippen molar-refractivity contribution in [1.82, 2.24) is 0 Å². The van der Waals surface area contributed by atoms with Crippen molar-refractivity contribution in [3.8, 4) is 0 Å². The molecule has 0 aromatic rings. The van der Waals surface area contributed by atoms with Crippen LogP contribution in [-0.4, -0.2) is 0 Å². The molecule has 0 aromatic heterocycles. The van der Waals surface area contributed by atoms with Crippen molar-refractivity contribution in [3.63, 3.8) is 0 Å². The summed E-state index contributed by atoms with van der Waals surface area (Å²) in [5, 5.41) is 0. The molecule has 0 spiro atoms. The Hall–Kier alpha value is 1.85. The van der Waals surface area contributed by atoms with Gasteiger partial charge >= 0.3 is 43.2 Å². The standard InChI is InChI=1S/Li.Nb.O.Ti.H/q+1;;;;-1. The normalized spacial score (nSPS) is 0.750. The van der Waals surface area contributed by atoms with Gasteiger partial charge in [-0.3, -0.25) is 0 Å². The summed E-state index contributed by atoms with van der Waals surface area (Å²) in [5.41, 5.74) is 0. The van der Waals surface area contributed by atoms with E-state index in [2.05, 4.69) is 0 Å². The van der Waals surface area contributed by atoms with E-state index >= 15 is 0 Å². The van der Waals surface area contributed by atoms with E-state index in [1.54, 1.807) is 0 Å². The summed E-state index contributed by atoms with van der Waals surface area (Å²) in [6.07, 6.45) is 0. The molecule has 0 rings (SSSR count). The molecule has 0 saturated heterocycles. The molecule has 0 N–H and O–H groups in total. The Labute approximate surface area is 65.7 Å². The fourth-order valence-corrected chi connectivity index (χ4v) is 0. The second-order valence-corrected chi connectivity index (χ2v) is 0. The average Bonchev–Trinajstić information content (AvgIpc) is 1.00. The van der Waals surface area contributed by atoms with Crippen LogP contribution < -0.4 is 18.9 Å². The third-order valence-electron chi connectivity index (χ3n) is 0. The molecular formula is HLiNbOTi. The topological polar surface area (TPSA) is 17.1 Å². The van der Waals surface area contributed by atoms with Crippen molar-refractivity contribution in [3.05, 3.63) is 0 Å². The zero-order chi connectivity index (χ0) is 2.00. The van der Waals surface area contributed by atoms with Crippen LogP contribution >= 0.6 is 0 Å². The predicted octanol–water partition coefficient (Wildman–Crippen LogP) is -3.01. The minimum Gasteiger partial charge on any atom is 0 e. The van der Waals surface area contributed by atoms with Gasteiger partial charge in [-0.25, -0.2) is 0 Å². The van der Waals surface area contributed by atoms with Crippen molar-refractivity contribution in [2.45, 2.75) is 0 Å². The average molecular weight is 165 g/mol. The first-order chi connectivity index (χ1) is 1.00. The molecule has 4 heteroatoms. The Morgan fingerprint density at radius 2 is 1.50 bits per heavy atom. The molecule has 4 heavy (non-hydrogen) atoms. The first-order valence-corrected chi connectivity index (χ1v) is 1.08. The van der Waals surface area contributed by atoms with E-state index in [0.29, 0.717) is 21.0 Å². The first-order valence-electron chi connectivity index (χ1n) is 0.183. The van der Waals surface area contributed by atoms with E-state index in [1.165, 1.54) is 0 Å². The van der Waals surface area contributed by atoms with Crippen LogP contribution in [0.3, 0.4) is 0 Å². The largest absolute Gasteiger partial charge is 0 e. The Kier molecular flexibility index (Phi) is 88.9. The molecule has 0 amide bonds. The summed E-state index contributed by atoms with van der Waals surface area (Å²) in [6, 6.07) is 0. The van der Waals surface area contributed by atoms with E-state index in [9.17, 15) is 0 Å². The maximum absolute atomic E-state index is 8.30. The van der Waals surface area contributed by atoms with Crippen LogP contribution in [0.5, 0.6) is 0 Å². The molecular weight excluding hydrogens is 164 g/mol. The van der Waals surface area contributed by atoms with Crippen molar-refractivity contribution in [2.75, 3.05) is 0 Å². The molecule has 1 nitrogen and oxygen atoms in total. The molecule has 0 unspecified atom stereocenters. The summed E-state index contributed by atoms with van der Waals surface area (Å²) in [4.78, 5) is 0. The van der Waals surface area contributed by atoms with E-state index in [0.717, 1.165) is 0 Å². The van der Waals surface area contributed by atoms with Crippen LogP contribution in [0.25, 0.3) is 0 Å².